The van der Waals surface area contributed by atoms with Crippen molar-refractivity contribution in [1.29, 1.82) is 0 Å². The molecule has 0 radical (unpaired) electrons. The van der Waals surface area contributed by atoms with E-state index in [1.165, 1.54) is 45.3 Å². The maximum absolute atomic E-state index is 12.7. The van der Waals surface area contributed by atoms with Crippen LogP contribution in [0, 0.1) is 11.8 Å². The summed E-state index contributed by atoms with van der Waals surface area (Å²) in [6, 6.07) is 0.355. The van der Waals surface area contributed by atoms with E-state index in [0.717, 1.165) is 38.4 Å². The number of carbonyl (C=O) groups is 1. The van der Waals surface area contributed by atoms with Gasteiger partial charge in [-0.3, -0.25) is 4.79 Å². The molecule has 1 N–H and O–H groups in total. The van der Waals surface area contributed by atoms with Crippen molar-refractivity contribution in [3.8, 4) is 0 Å². The van der Waals surface area contributed by atoms with Gasteiger partial charge in [-0.15, -0.1) is 12.4 Å². The summed E-state index contributed by atoms with van der Waals surface area (Å²) in [6.07, 6.45) is 7.38. The van der Waals surface area contributed by atoms with Gasteiger partial charge in [-0.05, 0) is 71.0 Å². The minimum Gasteiger partial charge on any atom is -0.342 e. The Labute approximate surface area is 141 Å². The van der Waals surface area contributed by atoms with Crippen LogP contribution in [0.3, 0.4) is 0 Å². The van der Waals surface area contributed by atoms with Crippen LogP contribution in [0.5, 0.6) is 0 Å². The first-order valence-corrected chi connectivity index (χ1v) is 8.98. The zero-order chi connectivity index (χ0) is 14.7. The highest BCUT2D eigenvalue weighted by molar-refractivity contribution is 5.85. The molecule has 0 aromatic heterocycles. The Kier molecular flexibility index (Phi) is 6.97. The number of hydrogen-bond donors (Lipinski definition) is 1. The van der Waals surface area contributed by atoms with Crippen molar-refractivity contribution >= 4 is 18.3 Å². The summed E-state index contributed by atoms with van der Waals surface area (Å²) in [4.78, 5) is 17.5. The van der Waals surface area contributed by atoms with E-state index in [0.29, 0.717) is 11.9 Å². The van der Waals surface area contributed by atoms with E-state index in [-0.39, 0.29) is 18.3 Å². The van der Waals surface area contributed by atoms with Crippen LogP contribution in [0.4, 0.5) is 0 Å². The van der Waals surface area contributed by atoms with Gasteiger partial charge in [-0.2, -0.15) is 0 Å². The Morgan fingerprint density at radius 2 is 1.73 bits per heavy atom. The second kappa shape index (κ2) is 8.51. The lowest BCUT2D eigenvalue weighted by Gasteiger charge is -2.38. The minimum atomic E-state index is 0. The maximum Gasteiger partial charge on any atom is 0.227 e. The van der Waals surface area contributed by atoms with Gasteiger partial charge in [0.15, 0.2) is 0 Å². The van der Waals surface area contributed by atoms with E-state index in [1.807, 2.05) is 0 Å². The van der Waals surface area contributed by atoms with Gasteiger partial charge in [-0.25, -0.2) is 0 Å². The molecule has 0 bridgehead atoms. The smallest absolute Gasteiger partial charge is 0.227 e. The molecule has 3 saturated heterocycles. The fraction of sp³-hybridized carbons (Fsp3) is 0.941. The first-order chi connectivity index (χ1) is 10.2. The maximum atomic E-state index is 12.7. The van der Waals surface area contributed by atoms with Crippen LogP contribution >= 0.6 is 12.4 Å². The number of hydrogen-bond acceptors (Lipinski definition) is 3. The number of carbonyl (C=O) groups excluding carboxylic acids is 1. The molecule has 2 unspecified atom stereocenters. The van der Waals surface area contributed by atoms with Crippen LogP contribution in [-0.2, 0) is 4.79 Å². The van der Waals surface area contributed by atoms with Gasteiger partial charge < -0.3 is 15.1 Å². The van der Waals surface area contributed by atoms with E-state index in [4.69, 9.17) is 0 Å². The van der Waals surface area contributed by atoms with E-state index in [1.54, 1.807) is 0 Å². The molecule has 3 fully saturated rings. The summed E-state index contributed by atoms with van der Waals surface area (Å²) in [5, 5.41) is 3.45. The molecule has 3 heterocycles. The molecule has 22 heavy (non-hydrogen) atoms. The van der Waals surface area contributed by atoms with E-state index in [9.17, 15) is 4.79 Å². The summed E-state index contributed by atoms with van der Waals surface area (Å²) in [5.41, 5.74) is 0. The van der Waals surface area contributed by atoms with Crippen molar-refractivity contribution < 1.29 is 4.79 Å². The molecule has 3 rings (SSSR count). The van der Waals surface area contributed by atoms with Crippen LogP contribution in [-0.4, -0.2) is 61.0 Å². The van der Waals surface area contributed by atoms with E-state index >= 15 is 0 Å². The van der Waals surface area contributed by atoms with Crippen LogP contribution in [0.1, 0.15) is 45.4 Å². The highest BCUT2D eigenvalue weighted by Gasteiger charge is 2.33. The van der Waals surface area contributed by atoms with Crippen molar-refractivity contribution in [2.24, 2.45) is 11.8 Å². The highest BCUT2D eigenvalue weighted by Crippen LogP contribution is 2.24. The fourth-order valence-corrected chi connectivity index (χ4v) is 4.28. The lowest BCUT2D eigenvalue weighted by molar-refractivity contribution is -0.138. The predicted molar refractivity (Wildman–Crippen MR) is 92.4 cm³/mol. The number of halogens is 1. The molecule has 3 aliphatic heterocycles. The molecule has 128 valence electrons. The molecule has 0 aliphatic carbocycles. The van der Waals surface area contributed by atoms with Crippen molar-refractivity contribution in [3.63, 3.8) is 0 Å². The third kappa shape index (κ3) is 4.36. The van der Waals surface area contributed by atoms with Gasteiger partial charge >= 0.3 is 0 Å². The summed E-state index contributed by atoms with van der Waals surface area (Å²) < 4.78 is 0. The van der Waals surface area contributed by atoms with Gasteiger partial charge in [-0.1, -0.05) is 0 Å². The predicted octanol–water partition coefficient (Wildman–Crippen LogP) is 2.13. The molecule has 0 aromatic carbocycles. The van der Waals surface area contributed by atoms with Crippen LogP contribution in [0.15, 0.2) is 0 Å². The topological polar surface area (TPSA) is 35.6 Å². The second-order valence-electron chi connectivity index (χ2n) is 7.27. The van der Waals surface area contributed by atoms with Gasteiger partial charge in [0.2, 0.25) is 5.91 Å². The highest BCUT2D eigenvalue weighted by atomic mass is 35.5. The van der Waals surface area contributed by atoms with Crippen molar-refractivity contribution in [1.82, 2.24) is 15.1 Å². The number of piperidine rings is 2. The molecule has 0 saturated carbocycles. The molecule has 0 spiro atoms. The molecule has 5 heteroatoms. The van der Waals surface area contributed by atoms with E-state index < -0.39 is 0 Å². The first kappa shape index (κ1) is 18.0. The zero-order valence-corrected chi connectivity index (χ0v) is 14.7. The lowest BCUT2D eigenvalue weighted by Crippen LogP contribution is -2.50. The van der Waals surface area contributed by atoms with Gasteiger partial charge in [0.25, 0.3) is 0 Å². The van der Waals surface area contributed by atoms with Crippen LogP contribution < -0.4 is 5.32 Å². The average Bonchev–Trinajstić information content (AvgIpc) is 3.01. The van der Waals surface area contributed by atoms with Crippen molar-refractivity contribution in [2.75, 3.05) is 39.3 Å². The summed E-state index contributed by atoms with van der Waals surface area (Å²) in [5.74, 6) is 1.44. The Bertz CT molecular complexity index is 352. The van der Waals surface area contributed by atoms with Crippen molar-refractivity contribution in [3.05, 3.63) is 0 Å². The largest absolute Gasteiger partial charge is 0.342 e. The molecular weight excluding hydrogens is 298 g/mol. The number of nitrogens with one attached hydrogen (secondary N) is 1. The Hall–Kier alpha value is -0.320. The fourth-order valence-electron chi connectivity index (χ4n) is 4.28. The van der Waals surface area contributed by atoms with Gasteiger partial charge in [0, 0.05) is 25.7 Å². The monoisotopic (exact) mass is 329 g/mol. The standard InChI is InChI=1S/C17H31N3O.ClH/c1-14-16(5-4-8-18-14)17(21)20-11-6-15(7-12-20)13-19-9-2-3-10-19;/h14-16,18H,2-13H2,1H3;1H. The molecule has 2 atom stereocenters. The molecule has 4 nitrogen and oxygen atoms in total. The third-order valence-corrected chi connectivity index (χ3v) is 5.72. The number of rotatable bonds is 3. The Balaban J connectivity index is 0.00000176. The quantitative estimate of drug-likeness (QED) is 0.861. The Morgan fingerprint density at radius 1 is 1.05 bits per heavy atom. The minimum absolute atomic E-state index is 0. The lowest BCUT2D eigenvalue weighted by atomic mass is 9.89. The molecule has 0 aromatic rings. The van der Waals surface area contributed by atoms with Crippen molar-refractivity contribution in [2.45, 2.75) is 51.5 Å². The summed E-state index contributed by atoms with van der Waals surface area (Å²) in [7, 11) is 0. The van der Waals surface area contributed by atoms with E-state index in [2.05, 4.69) is 22.0 Å². The normalized spacial score (nSPS) is 31.0. The molecule has 3 aliphatic rings. The summed E-state index contributed by atoms with van der Waals surface area (Å²) in [6.45, 7) is 9.07. The van der Waals surface area contributed by atoms with Crippen LogP contribution in [0.25, 0.3) is 0 Å². The second-order valence-corrected chi connectivity index (χ2v) is 7.27. The summed E-state index contributed by atoms with van der Waals surface area (Å²) >= 11 is 0. The van der Waals surface area contributed by atoms with Crippen LogP contribution in [0.2, 0.25) is 0 Å². The number of nitrogens with zero attached hydrogens (tertiary/aromatic N) is 2. The SMILES string of the molecule is CC1NCCCC1C(=O)N1CCC(CN2CCCC2)CC1.Cl. The van der Waals surface area contributed by atoms with Gasteiger partial charge in [0.1, 0.15) is 0 Å². The molecule has 1 amide bonds. The average molecular weight is 330 g/mol. The zero-order valence-electron chi connectivity index (χ0n) is 13.9. The van der Waals surface area contributed by atoms with Gasteiger partial charge in [0.05, 0.1) is 5.92 Å². The number of likely N-dealkylation sites (tertiary alicyclic amines) is 2. The number of amides is 1. The first-order valence-electron chi connectivity index (χ1n) is 8.98. The molecular formula is C17H32ClN3O. The Morgan fingerprint density at radius 3 is 2.36 bits per heavy atom. The third-order valence-electron chi connectivity index (χ3n) is 5.72.